The van der Waals surface area contributed by atoms with Crippen LogP contribution in [0.15, 0.2) is 18.2 Å². The number of carboxylic acid groups (broad SMARTS) is 1. The Hall–Kier alpha value is -2.55. The smallest absolute Gasteiger partial charge is 0.411 e. The fraction of sp³-hybridized carbons (Fsp3) is 0.526. The van der Waals surface area contributed by atoms with E-state index in [0.717, 1.165) is 11.0 Å². The molecule has 160 valence electrons. The van der Waals surface area contributed by atoms with Crippen molar-refractivity contribution in [1.29, 1.82) is 0 Å². The maximum absolute atomic E-state index is 13.4. The fourth-order valence-electron chi connectivity index (χ4n) is 2.85. The van der Waals surface area contributed by atoms with Gasteiger partial charge in [0, 0.05) is 18.7 Å². The predicted octanol–water partition coefficient (Wildman–Crippen LogP) is 2.83. The second-order valence-electron chi connectivity index (χ2n) is 7.69. The van der Waals surface area contributed by atoms with Gasteiger partial charge < -0.3 is 19.9 Å². The van der Waals surface area contributed by atoms with Crippen LogP contribution in [0.2, 0.25) is 5.02 Å². The number of piperidine rings is 1. The molecule has 2 amide bonds. The summed E-state index contributed by atoms with van der Waals surface area (Å²) in [5.74, 6) is -2.13. The molecule has 1 fully saturated rings. The number of aliphatic carboxylic acids is 1. The Morgan fingerprint density at radius 1 is 1.31 bits per heavy atom. The zero-order valence-electron chi connectivity index (χ0n) is 16.4. The van der Waals surface area contributed by atoms with Gasteiger partial charge in [-0.1, -0.05) is 11.6 Å². The highest BCUT2D eigenvalue weighted by Crippen LogP contribution is 2.22. The average molecular weight is 431 g/mol. The Balaban J connectivity index is 1.94. The van der Waals surface area contributed by atoms with Crippen molar-refractivity contribution in [3.63, 3.8) is 0 Å². The molecule has 0 aliphatic carbocycles. The second kappa shape index (κ2) is 9.30. The van der Waals surface area contributed by atoms with Gasteiger partial charge in [0.05, 0.1) is 5.02 Å². The highest BCUT2D eigenvalue weighted by molar-refractivity contribution is 6.30. The van der Waals surface area contributed by atoms with Crippen molar-refractivity contribution in [2.75, 3.05) is 13.2 Å². The van der Waals surface area contributed by atoms with E-state index in [1.165, 1.54) is 12.1 Å². The van der Waals surface area contributed by atoms with Crippen molar-refractivity contribution in [3.05, 3.63) is 29.0 Å². The van der Waals surface area contributed by atoms with Gasteiger partial charge in [-0.25, -0.2) is 14.0 Å². The molecule has 8 nitrogen and oxygen atoms in total. The molecule has 1 unspecified atom stereocenters. The van der Waals surface area contributed by atoms with Crippen LogP contribution in [-0.2, 0) is 14.3 Å². The summed E-state index contributed by atoms with van der Waals surface area (Å²) in [4.78, 5) is 37.1. The number of benzene rings is 1. The Bertz CT molecular complexity index is 782. The quantitative estimate of drug-likeness (QED) is 0.744. The van der Waals surface area contributed by atoms with E-state index < -0.39 is 41.5 Å². The first-order valence-electron chi connectivity index (χ1n) is 9.06. The molecule has 1 aromatic rings. The lowest BCUT2D eigenvalue weighted by atomic mass is 9.98. The number of carboxylic acids is 1. The summed E-state index contributed by atoms with van der Waals surface area (Å²) < 4.78 is 23.9. The second-order valence-corrected chi connectivity index (χ2v) is 8.10. The minimum Gasteiger partial charge on any atom is -0.484 e. The molecule has 2 rings (SSSR count). The Morgan fingerprint density at radius 3 is 2.59 bits per heavy atom. The topological polar surface area (TPSA) is 105 Å². The maximum Gasteiger partial charge on any atom is 0.411 e. The van der Waals surface area contributed by atoms with E-state index in [0.29, 0.717) is 6.42 Å². The summed E-state index contributed by atoms with van der Waals surface area (Å²) >= 11 is 5.59. The third-order valence-electron chi connectivity index (χ3n) is 4.12. The molecule has 2 atom stereocenters. The zero-order valence-corrected chi connectivity index (χ0v) is 17.2. The first kappa shape index (κ1) is 22.7. The van der Waals surface area contributed by atoms with E-state index >= 15 is 0 Å². The number of nitrogens with one attached hydrogen (secondary N) is 1. The van der Waals surface area contributed by atoms with Crippen molar-refractivity contribution in [2.24, 2.45) is 0 Å². The molecule has 2 N–H and O–H groups in total. The predicted molar refractivity (Wildman–Crippen MR) is 102 cm³/mol. The van der Waals surface area contributed by atoms with Crippen LogP contribution in [0.4, 0.5) is 9.18 Å². The van der Waals surface area contributed by atoms with Gasteiger partial charge in [0.2, 0.25) is 0 Å². The van der Waals surface area contributed by atoms with E-state index in [1.807, 2.05) is 0 Å². The molecule has 10 heteroatoms. The first-order chi connectivity index (χ1) is 13.5. The molecule has 0 spiro atoms. The van der Waals surface area contributed by atoms with Gasteiger partial charge in [0.25, 0.3) is 5.91 Å². The summed E-state index contributed by atoms with van der Waals surface area (Å²) in [5, 5.41) is 12.0. The van der Waals surface area contributed by atoms with Crippen LogP contribution < -0.4 is 10.1 Å². The van der Waals surface area contributed by atoms with Gasteiger partial charge in [0.15, 0.2) is 6.61 Å². The monoisotopic (exact) mass is 430 g/mol. The molecule has 0 aromatic heterocycles. The lowest BCUT2D eigenvalue weighted by Gasteiger charge is -2.38. The van der Waals surface area contributed by atoms with Crippen LogP contribution in [0.25, 0.3) is 0 Å². The number of amides is 2. The number of nitrogens with zero attached hydrogens (tertiary/aromatic N) is 1. The summed E-state index contributed by atoms with van der Waals surface area (Å²) in [6.07, 6.45) is -0.211. The molecule has 0 saturated carbocycles. The first-order valence-corrected chi connectivity index (χ1v) is 9.43. The van der Waals surface area contributed by atoms with E-state index in [9.17, 15) is 23.9 Å². The largest absolute Gasteiger partial charge is 0.484 e. The SMILES string of the molecule is CC(C)(C)OC(=O)N1C[C@H](NC(=O)COc2ccc(Cl)c(F)c2)CCC1C(=O)O. The highest BCUT2D eigenvalue weighted by atomic mass is 35.5. The van der Waals surface area contributed by atoms with Crippen LogP contribution in [0.1, 0.15) is 33.6 Å². The van der Waals surface area contributed by atoms with Gasteiger partial charge in [-0.05, 0) is 45.7 Å². The van der Waals surface area contributed by atoms with Crippen molar-refractivity contribution < 1.29 is 33.4 Å². The number of hydrogen-bond acceptors (Lipinski definition) is 5. The molecular formula is C19H24ClFN2O6. The summed E-state index contributed by atoms with van der Waals surface area (Å²) in [5.41, 5.74) is -0.780. The minimum absolute atomic E-state index is 0.00675. The van der Waals surface area contributed by atoms with Gasteiger partial charge in [-0.15, -0.1) is 0 Å². The third kappa shape index (κ3) is 6.77. The van der Waals surface area contributed by atoms with Gasteiger partial charge >= 0.3 is 12.1 Å². The molecular weight excluding hydrogens is 407 g/mol. The van der Waals surface area contributed by atoms with Crippen LogP contribution in [-0.4, -0.2) is 58.8 Å². The van der Waals surface area contributed by atoms with Crippen molar-refractivity contribution >= 4 is 29.6 Å². The van der Waals surface area contributed by atoms with E-state index in [4.69, 9.17) is 21.1 Å². The van der Waals surface area contributed by atoms with Gasteiger partial charge in [-0.3, -0.25) is 9.69 Å². The molecule has 1 heterocycles. The van der Waals surface area contributed by atoms with E-state index in [2.05, 4.69) is 5.32 Å². The number of carbonyl (C=O) groups is 3. The molecule has 29 heavy (non-hydrogen) atoms. The molecule has 1 aliphatic rings. The number of halogens is 2. The summed E-state index contributed by atoms with van der Waals surface area (Å²) in [7, 11) is 0. The van der Waals surface area contributed by atoms with Gasteiger partial charge in [0.1, 0.15) is 23.2 Å². The van der Waals surface area contributed by atoms with Crippen molar-refractivity contribution in [1.82, 2.24) is 10.2 Å². The maximum atomic E-state index is 13.4. The molecule has 1 aliphatic heterocycles. The number of hydrogen-bond donors (Lipinski definition) is 2. The minimum atomic E-state index is -1.13. The van der Waals surface area contributed by atoms with Crippen molar-refractivity contribution in [2.45, 2.75) is 51.3 Å². The molecule has 0 bridgehead atoms. The van der Waals surface area contributed by atoms with Crippen LogP contribution >= 0.6 is 11.6 Å². The van der Waals surface area contributed by atoms with E-state index in [1.54, 1.807) is 20.8 Å². The zero-order chi connectivity index (χ0) is 21.8. The summed E-state index contributed by atoms with van der Waals surface area (Å²) in [6.45, 7) is 4.67. The highest BCUT2D eigenvalue weighted by Gasteiger charge is 2.38. The van der Waals surface area contributed by atoms with Crippen LogP contribution in [0.3, 0.4) is 0 Å². The molecule has 1 saturated heterocycles. The molecule has 0 radical (unpaired) electrons. The van der Waals surface area contributed by atoms with Crippen molar-refractivity contribution in [3.8, 4) is 5.75 Å². The Labute approximate surface area is 172 Å². The Morgan fingerprint density at radius 2 is 2.00 bits per heavy atom. The number of likely N-dealkylation sites (tertiary alicyclic amines) is 1. The normalized spacial score (nSPS) is 19.4. The number of rotatable bonds is 5. The van der Waals surface area contributed by atoms with E-state index in [-0.39, 0.29) is 30.3 Å². The Kier molecular flexibility index (Phi) is 7.29. The number of ether oxygens (including phenoxy) is 2. The molecule has 1 aromatic carbocycles. The van der Waals surface area contributed by atoms with Crippen LogP contribution in [0.5, 0.6) is 5.75 Å². The average Bonchev–Trinajstić information content (AvgIpc) is 2.61. The lowest BCUT2D eigenvalue weighted by Crippen LogP contribution is -2.57. The third-order valence-corrected chi connectivity index (χ3v) is 4.43. The fourth-order valence-corrected chi connectivity index (χ4v) is 2.97. The summed E-state index contributed by atoms with van der Waals surface area (Å²) in [6, 6.07) is 2.33. The lowest BCUT2D eigenvalue weighted by molar-refractivity contribution is -0.144. The van der Waals surface area contributed by atoms with Crippen LogP contribution in [0, 0.1) is 5.82 Å². The number of carbonyl (C=O) groups excluding carboxylic acids is 2. The standard InChI is InChI=1S/C19H24ClFN2O6/c1-19(2,3)29-18(27)23-9-11(4-7-15(23)17(25)26)22-16(24)10-28-12-5-6-13(20)14(21)8-12/h5-6,8,11,15H,4,7,9-10H2,1-3H3,(H,22,24)(H,25,26)/t11-,15?/m1/s1. The van der Waals surface area contributed by atoms with Gasteiger partial charge in [-0.2, -0.15) is 0 Å².